The van der Waals surface area contributed by atoms with Crippen LogP contribution >= 0.6 is 0 Å². The summed E-state index contributed by atoms with van der Waals surface area (Å²) in [6.07, 6.45) is 0.795. The maximum absolute atomic E-state index is 11.3. The van der Waals surface area contributed by atoms with Crippen molar-refractivity contribution in [2.75, 3.05) is 19.6 Å². The number of carbonyl (C=O) groups is 2. The molecule has 1 rings (SSSR count). The first kappa shape index (κ1) is 9.59. The Morgan fingerprint density at radius 3 is 3.08 bits per heavy atom. The van der Waals surface area contributed by atoms with Crippen LogP contribution in [0.5, 0.6) is 0 Å². The first-order chi connectivity index (χ1) is 6.24. The van der Waals surface area contributed by atoms with Crippen LogP contribution in [0.2, 0.25) is 0 Å². The minimum atomic E-state index is -0.264. The van der Waals surface area contributed by atoms with Gasteiger partial charge in [-0.25, -0.2) is 0 Å². The highest BCUT2D eigenvalue weighted by Gasteiger charge is 2.17. The van der Waals surface area contributed by atoms with Crippen molar-refractivity contribution in [2.45, 2.75) is 13.3 Å². The van der Waals surface area contributed by atoms with Gasteiger partial charge in [-0.3, -0.25) is 9.59 Å². The summed E-state index contributed by atoms with van der Waals surface area (Å²) < 4.78 is 0. The molecule has 4 nitrogen and oxygen atoms in total. The quantitative estimate of drug-likeness (QED) is 0.504. The van der Waals surface area contributed by atoms with Gasteiger partial charge in [0, 0.05) is 13.1 Å². The molecule has 0 atom stereocenters. The number of rotatable bonds is 0. The fraction of sp³-hybridized carbons (Fsp3) is 0.556. The van der Waals surface area contributed by atoms with E-state index in [1.54, 1.807) is 6.92 Å². The fourth-order valence-electron chi connectivity index (χ4n) is 1.17. The zero-order chi connectivity index (χ0) is 9.68. The van der Waals surface area contributed by atoms with Crippen LogP contribution in [0.1, 0.15) is 13.3 Å². The molecule has 0 saturated carbocycles. The predicted octanol–water partition coefficient (Wildman–Crippen LogP) is -0.642. The van der Waals surface area contributed by atoms with E-state index >= 15 is 0 Å². The minimum absolute atomic E-state index is 0.108. The number of hydrogen-bond acceptors (Lipinski definition) is 2. The summed E-state index contributed by atoms with van der Waals surface area (Å²) in [4.78, 5) is 23.8. The van der Waals surface area contributed by atoms with Gasteiger partial charge in [-0.15, -0.1) is 0 Å². The van der Waals surface area contributed by atoms with E-state index < -0.39 is 0 Å². The molecule has 0 aromatic carbocycles. The second-order valence-electron chi connectivity index (χ2n) is 2.81. The summed E-state index contributed by atoms with van der Waals surface area (Å²) in [5, 5.41) is 2.69. The summed E-state index contributed by atoms with van der Waals surface area (Å²) in [6.45, 7) is 2.98. The van der Waals surface area contributed by atoms with Gasteiger partial charge >= 0.3 is 0 Å². The van der Waals surface area contributed by atoms with Crippen molar-refractivity contribution in [1.82, 2.24) is 10.2 Å². The highest BCUT2D eigenvalue weighted by Crippen LogP contribution is 1.96. The predicted molar refractivity (Wildman–Crippen MR) is 47.7 cm³/mol. The molecule has 13 heavy (non-hydrogen) atoms. The van der Waals surface area contributed by atoms with E-state index in [4.69, 9.17) is 0 Å². The number of amides is 2. The summed E-state index contributed by atoms with van der Waals surface area (Å²) in [5.41, 5.74) is 0. The molecule has 2 amide bonds. The molecule has 0 spiro atoms. The van der Waals surface area contributed by atoms with Gasteiger partial charge in [0.25, 0.3) is 5.91 Å². The Bertz CT molecular complexity index is 275. The first-order valence-corrected chi connectivity index (χ1v) is 4.22. The lowest BCUT2D eigenvalue weighted by atomic mass is 10.4. The van der Waals surface area contributed by atoms with Gasteiger partial charge < -0.3 is 10.2 Å². The molecule has 0 unspecified atom stereocenters. The van der Waals surface area contributed by atoms with E-state index in [0.29, 0.717) is 13.1 Å². The Hall–Kier alpha value is -1.50. The maximum Gasteiger partial charge on any atom is 0.298 e. The van der Waals surface area contributed by atoms with Crippen molar-refractivity contribution in [1.29, 1.82) is 0 Å². The third-order valence-corrected chi connectivity index (χ3v) is 1.78. The molecular weight excluding hydrogens is 168 g/mol. The van der Waals surface area contributed by atoms with E-state index in [-0.39, 0.29) is 18.4 Å². The van der Waals surface area contributed by atoms with Crippen LogP contribution in [0, 0.1) is 11.8 Å². The maximum atomic E-state index is 11.3. The van der Waals surface area contributed by atoms with Gasteiger partial charge in [0.1, 0.15) is 6.54 Å². The summed E-state index contributed by atoms with van der Waals surface area (Å²) in [5.74, 6) is 4.58. The Labute approximate surface area is 77.3 Å². The average molecular weight is 180 g/mol. The number of carbonyl (C=O) groups excluding carboxylic acids is 2. The normalized spacial score (nSPS) is 16.7. The molecular formula is C9H12N2O2. The van der Waals surface area contributed by atoms with Crippen LogP contribution in [0.15, 0.2) is 0 Å². The lowest BCUT2D eigenvalue weighted by Crippen LogP contribution is -2.36. The van der Waals surface area contributed by atoms with E-state index in [9.17, 15) is 9.59 Å². The summed E-state index contributed by atoms with van der Waals surface area (Å²) in [6, 6.07) is 0. The lowest BCUT2D eigenvalue weighted by molar-refractivity contribution is -0.130. The number of nitrogens with zero attached hydrogens (tertiary/aromatic N) is 1. The van der Waals surface area contributed by atoms with Crippen molar-refractivity contribution in [3.05, 3.63) is 0 Å². The van der Waals surface area contributed by atoms with Crippen molar-refractivity contribution in [3.63, 3.8) is 0 Å². The molecule has 1 heterocycles. The van der Waals surface area contributed by atoms with E-state index in [1.165, 1.54) is 4.90 Å². The summed E-state index contributed by atoms with van der Waals surface area (Å²) >= 11 is 0. The van der Waals surface area contributed by atoms with Gasteiger partial charge in [0.2, 0.25) is 5.91 Å². The Balaban J connectivity index is 2.60. The number of hydrogen-bond donors (Lipinski definition) is 1. The lowest BCUT2D eigenvalue weighted by Gasteiger charge is -2.14. The summed E-state index contributed by atoms with van der Waals surface area (Å²) in [7, 11) is 0. The second kappa shape index (κ2) is 4.51. The Morgan fingerprint density at radius 2 is 2.38 bits per heavy atom. The topological polar surface area (TPSA) is 49.4 Å². The molecule has 0 radical (unpaired) electrons. The fourth-order valence-corrected chi connectivity index (χ4v) is 1.17. The molecule has 4 heteroatoms. The van der Waals surface area contributed by atoms with Crippen LogP contribution in [-0.2, 0) is 9.59 Å². The largest absolute Gasteiger partial charge is 0.354 e. The van der Waals surface area contributed by atoms with E-state index in [2.05, 4.69) is 17.2 Å². The molecule has 1 aliphatic heterocycles. The molecule has 1 saturated heterocycles. The van der Waals surface area contributed by atoms with Gasteiger partial charge in [-0.2, -0.15) is 0 Å². The molecule has 1 fully saturated rings. The standard InChI is InChI=1S/C9H12N2O2/c1-2-4-9(13)11-6-3-5-10-8(12)7-11/h3,5-7H2,1H3,(H,10,12). The number of nitrogens with one attached hydrogen (secondary N) is 1. The van der Waals surface area contributed by atoms with Crippen LogP contribution < -0.4 is 5.32 Å². The van der Waals surface area contributed by atoms with Crippen LogP contribution in [0.25, 0.3) is 0 Å². The average Bonchev–Trinajstić information content (AvgIpc) is 2.30. The Morgan fingerprint density at radius 1 is 1.62 bits per heavy atom. The zero-order valence-corrected chi connectivity index (χ0v) is 7.59. The van der Waals surface area contributed by atoms with Crippen LogP contribution in [0.3, 0.4) is 0 Å². The van der Waals surface area contributed by atoms with Crippen molar-refractivity contribution in [2.24, 2.45) is 0 Å². The Kier molecular flexibility index (Phi) is 3.32. The second-order valence-corrected chi connectivity index (χ2v) is 2.81. The van der Waals surface area contributed by atoms with Crippen LogP contribution in [-0.4, -0.2) is 36.3 Å². The zero-order valence-electron chi connectivity index (χ0n) is 7.59. The first-order valence-electron chi connectivity index (χ1n) is 4.22. The minimum Gasteiger partial charge on any atom is -0.354 e. The highest BCUT2D eigenvalue weighted by atomic mass is 16.2. The van der Waals surface area contributed by atoms with E-state index in [1.807, 2.05) is 0 Å². The molecule has 1 N–H and O–H groups in total. The monoisotopic (exact) mass is 180 g/mol. The molecule has 0 aliphatic carbocycles. The molecule has 0 bridgehead atoms. The van der Waals surface area contributed by atoms with Crippen molar-refractivity contribution >= 4 is 11.8 Å². The van der Waals surface area contributed by atoms with Crippen LogP contribution in [0.4, 0.5) is 0 Å². The third-order valence-electron chi connectivity index (χ3n) is 1.78. The van der Waals surface area contributed by atoms with Crippen molar-refractivity contribution < 1.29 is 9.59 Å². The van der Waals surface area contributed by atoms with Gasteiger partial charge in [0.05, 0.1) is 0 Å². The third kappa shape index (κ3) is 2.79. The van der Waals surface area contributed by atoms with Gasteiger partial charge in [0.15, 0.2) is 0 Å². The molecule has 1 aliphatic rings. The molecule has 0 aromatic rings. The van der Waals surface area contributed by atoms with Crippen molar-refractivity contribution in [3.8, 4) is 11.8 Å². The van der Waals surface area contributed by atoms with Gasteiger partial charge in [-0.05, 0) is 19.3 Å². The SMILES string of the molecule is CC#CC(=O)N1CCCNC(=O)C1. The molecule has 0 aromatic heterocycles. The van der Waals surface area contributed by atoms with E-state index in [0.717, 1.165) is 6.42 Å². The highest BCUT2D eigenvalue weighted by molar-refractivity contribution is 5.96. The van der Waals surface area contributed by atoms with Gasteiger partial charge in [-0.1, -0.05) is 5.92 Å². The molecule has 70 valence electrons. The smallest absolute Gasteiger partial charge is 0.298 e.